The zero-order valence-corrected chi connectivity index (χ0v) is 7.11. The van der Waals surface area contributed by atoms with E-state index in [-0.39, 0.29) is 0 Å². The van der Waals surface area contributed by atoms with Crippen LogP contribution in [0, 0.1) is 0 Å². The van der Waals surface area contributed by atoms with E-state index in [4.69, 9.17) is 4.74 Å². The molecule has 3 nitrogen and oxygen atoms in total. The van der Waals surface area contributed by atoms with Crippen LogP contribution in [0.3, 0.4) is 0 Å². The predicted octanol–water partition coefficient (Wildman–Crippen LogP) is -0.170. The number of nitrogens with one attached hydrogen (secondary N) is 2. The Labute approximate surface area is 63.1 Å². The minimum Gasteiger partial charge on any atom is -0.383 e. The highest BCUT2D eigenvalue weighted by atomic mass is 16.5. The second kappa shape index (κ2) is 6.99. The van der Waals surface area contributed by atoms with Gasteiger partial charge in [-0.2, -0.15) is 0 Å². The molecule has 1 unspecified atom stereocenters. The number of hydrogen-bond donors (Lipinski definition) is 2. The van der Waals surface area contributed by atoms with Gasteiger partial charge < -0.3 is 15.4 Å². The Morgan fingerprint density at radius 2 is 2.20 bits per heavy atom. The van der Waals surface area contributed by atoms with E-state index >= 15 is 0 Å². The van der Waals surface area contributed by atoms with E-state index in [0.717, 1.165) is 19.7 Å². The van der Waals surface area contributed by atoms with E-state index in [2.05, 4.69) is 17.6 Å². The third-order valence-electron chi connectivity index (χ3n) is 1.42. The van der Waals surface area contributed by atoms with Gasteiger partial charge in [-0.3, -0.25) is 0 Å². The molecule has 0 saturated heterocycles. The van der Waals surface area contributed by atoms with Crippen molar-refractivity contribution in [3.8, 4) is 0 Å². The van der Waals surface area contributed by atoms with Crippen LogP contribution in [0.25, 0.3) is 0 Å². The van der Waals surface area contributed by atoms with Crippen LogP contribution in [0.1, 0.15) is 6.92 Å². The topological polar surface area (TPSA) is 33.3 Å². The first-order valence-electron chi connectivity index (χ1n) is 3.72. The zero-order chi connectivity index (χ0) is 7.82. The Kier molecular flexibility index (Phi) is 6.91. The van der Waals surface area contributed by atoms with Crippen LogP contribution in [0.2, 0.25) is 0 Å². The number of ether oxygens (including phenoxy) is 1. The number of rotatable bonds is 6. The molecule has 0 rings (SSSR count). The molecule has 0 radical (unpaired) electrons. The highest BCUT2D eigenvalue weighted by molar-refractivity contribution is 4.65. The summed E-state index contributed by atoms with van der Waals surface area (Å²) >= 11 is 0. The lowest BCUT2D eigenvalue weighted by atomic mass is 10.3. The van der Waals surface area contributed by atoms with Crippen LogP contribution < -0.4 is 10.6 Å². The summed E-state index contributed by atoms with van der Waals surface area (Å²) in [7, 11) is 3.66. The highest BCUT2D eigenvalue weighted by Crippen LogP contribution is 1.79. The molecule has 0 amide bonds. The molecule has 0 aromatic carbocycles. The third-order valence-corrected chi connectivity index (χ3v) is 1.42. The molecule has 1 atom stereocenters. The predicted molar refractivity (Wildman–Crippen MR) is 43.3 cm³/mol. The van der Waals surface area contributed by atoms with Crippen LogP contribution in [-0.4, -0.2) is 39.9 Å². The van der Waals surface area contributed by atoms with Gasteiger partial charge >= 0.3 is 0 Å². The molecule has 0 saturated carbocycles. The normalized spacial score (nSPS) is 13.5. The van der Waals surface area contributed by atoms with Crippen molar-refractivity contribution in [2.24, 2.45) is 0 Å². The van der Waals surface area contributed by atoms with Crippen LogP contribution in [0.15, 0.2) is 0 Å². The average Bonchev–Trinajstić information content (AvgIpc) is 1.98. The Morgan fingerprint density at radius 1 is 1.50 bits per heavy atom. The van der Waals surface area contributed by atoms with Gasteiger partial charge in [-0.05, 0) is 13.6 Å². The van der Waals surface area contributed by atoms with Gasteiger partial charge in [0.2, 0.25) is 0 Å². The van der Waals surface area contributed by atoms with Crippen molar-refractivity contribution in [1.29, 1.82) is 0 Å². The van der Waals surface area contributed by atoms with E-state index in [1.165, 1.54) is 0 Å². The summed E-state index contributed by atoms with van der Waals surface area (Å²) in [6.07, 6.45) is 0. The van der Waals surface area contributed by atoms with Gasteiger partial charge in [0, 0.05) is 19.7 Å². The summed E-state index contributed by atoms with van der Waals surface area (Å²) < 4.78 is 4.99. The fourth-order valence-corrected chi connectivity index (χ4v) is 0.764. The number of hydrogen-bond acceptors (Lipinski definition) is 3. The molecular weight excluding hydrogens is 128 g/mol. The molecule has 0 aliphatic carbocycles. The summed E-state index contributed by atoms with van der Waals surface area (Å²) in [4.78, 5) is 0. The van der Waals surface area contributed by atoms with Crippen molar-refractivity contribution < 1.29 is 4.74 Å². The van der Waals surface area contributed by atoms with Crippen molar-refractivity contribution in [2.75, 3.05) is 33.9 Å². The van der Waals surface area contributed by atoms with Gasteiger partial charge in [0.25, 0.3) is 0 Å². The molecular formula is C7H18N2O. The SMILES string of the molecule is CCNCC(COC)NC. The minimum atomic E-state index is 0.435. The molecule has 2 N–H and O–H groups in total. The van der Waals surface area contributed by atoms with E-state index in [1.54, 1.807) is 7.11 Å². The van der Waals surface area contributed by atoms with E-state index in [0.29, 0.717) is 6.04 Å². The van der Waals surface area contributed by atoms with Crippen molar-refractivity contribution in [3.63, 3.8) is 0 Å². The van der Waals surface area contributed by atoms with E-state index < -0.39 is 0 Å². The summed E-state index contributed by atoms with van der Waals surface area (Å²) in [5.41, 5.74) is 0. The lowest BCUT2D eigenvalue weighted by Gasteiger charge is -2.14. The average molecular weight is 146 g/mol. The molecule has 0 bridgehead atoms. The minimum absolute atomic E-state index is 0.435. The molecule has 0 aromatic heterocycles. The lowest BCUT2D eigenvalue weighted by molar-refractivity contribution is 0.168. The van der Waals surface area contributed by atoms with Gasteiger partial charge in [0.05, 0.1) is 6.61 Å². The first-order chi connectivity index (χ1) is 4.85. The van der Waals surface area contributed by atoms with Crippen LogP contribution in [-0.2, 0) is 4.74 Å². The maximum Gasteiger partial charge on any atom is 0.0628 e. The van der Waals surface area contributed by atoms with Crippen LogP contribution in [0.5, 0.6) is 0 Å². The van der Waals surface area contributed by atoms with Crippen LogP contribution in [0.4, 0.5) is 0 Å². The van der Waals surface area contributed by atoms with E-state index in [1.807, 2.05) is 7.05 Å². The van der Waals surface area contributed by atoms with Crippen molar-refractivity contribution >= 4 is 0 Å². The Balaban J connectivity index is 3.21. The van der Waals surface area contributed by atoms with Gasteiger partial charge in [-0.25, -0.2) is 0 Å². The first-order valence-corrected chi connectivity index (χ1v) is 3.72. The Bertz CT molecular complexity index is 68.6. The number of likely N-dealkylation sites (N-methyl/N-ethyl adjacent to an activating group) is 2. The summed E-state index contributed by atoms with van der Waals surface area (Å²) in [6, 6.07) is 0.435. The highest BCUT2D eigenvalue weighted by Gasteiger charge is 2.01. The van der Waals surface area contributed by atoms with Gasteiger partial charge in [-0.1, -0.05) is 6.92 Å². The fraction of sp³-hybridized carbons (Fsp3) is 1.00. The summed E-state index contributed by atoms with van der Waals surface area (Å²) in [6.45, 7) is 4.85. The largest absolute Gasteiger partial charge is 0.383 e. The van der Waals surface area contributed by atoms with E-state index in [9.17, 15) is 0 Å². The number of methoxy groups -OCH3 is 1. The monoisotopic (exact) mass is 146 g/mol. The molecule has 0 spiro atoms. The van der Waals surface area contributed by atoms with Gasteiger partial charge in [-0.15, -0.1) is 0 Å². The van der Waals surface area contributed by atoms with Gasteiger partial charge in [0.1, 0.15) is 0 Å². The quantitative estimate of drug-likeness (QED) is 0.546. The van der Waals surface area contributed by atoms with Gasteiger partial charge in [0.15, 0.2) is 0 Å². The van der Waals surface area contributed by atoms with Crippen molar-refractivity contribution in [2.45, 2.75) is 13.0 Å². The molecule has 0 fully saturated rings. The molecule has 0 aromatic rings. The third kappa shape index (κ3) is 4.73. The summed E-state index contributed by atoms with van der Waals surface area (Å²) in [5.74, 6) is 0. The summed E-state index contributed by atoms with van der Waals surface area (Å²) in [5, 5.41) is 6.39. The molecule has 0 aliphatic rings. The van der Waals surface area contributed by atoms with Crippen molar-refractivity contribution in [3.05, 3.63) is 0 Å². The first kappa shape index (κ1) is 9.88. The van der Waals surface area contributed by atoms with Crippen LogP contribution >= 0.6 is 0 Å². The molecule has 62 valence electrons. The standard InChI is InChI=1S/C7H18N2O/c1-4-9-5-7(8-2)6-10-3/h7-9H,4-6H2,1-3H3. The molecule has 10 heavy (non-hydrogen) atoms. The molecule has 0 heterocycles. The Hall–Kier alpha value is -0.120. The molecule has 3 heteroatoms. The smallest absolute Gasteiger partial charge is 0.0628 e. The maximum atomic E-state index is 4.99. The lowest BCUT2D eigenvalue weighted by Crippen LogP contribution is -2.39. The second-order valence-electron chi connectivity index (χ2n) is 2.25. The maximum absolute atomic E-state index is 4.99. The Morgan fingerprint density at radius 3 is 2.60 bits per heavy atom. The van der Waals surface area contributed by atoms with Crippen molar-refractivity contribution in [1.82, 2.24) is 10.6 Å². The second-order valence-corrected chi connectivity index (χ2v) is 2.25. The zero-order valence-electron chi connectivity index (χ0n) is 7.11. The fourth-order valence-electron chi connectivity index (χ4n) is 0.764. The molecule has 0 aliphatic heterocycles.